The maximum Gasteiger partial charge on any atom is 0.319 e. The summed E-state index contributed by atoms with van der Waals surface area (Å²) >= 11 is 0.217. The lowest BCUT2D eigenvalue weighted by Gasteiger charge is -2.31. The van der Waals surface area contributed by atoms with Crippen LogP contribution in [0.1, 0.15) is 11.1 Å². The highest BCUT2D eigenvalue weighted by molar-refractivity contribution is 8.56. The van der Waals surface area contributed by atoms with Gasteiger partial charge < -0.3 is 9.46 Å². The third-order valence-corrected chi connectivity index (χ3v) is 5.93. The van der Waals surface area contributed by atoms with Gasteiger partial charge in [0.1, 0.15) is 6.57 Å². The lowest BCUT2D eigenvalue weighted by atomic mass is 10.2. The largest absolute Gasteiger partial charge is 0.787 e. The van der Waals surface area contributed by atoms with E-state index in [0.29, 0.717) is 0 Å². The zero-order chi connectivity index (χ0) is 13.1. The minimum Gasteiger partial charge on any atom is -0.787 e. The molecule has 0 amide bonds. The average molecular weight is 277 g/mol. The fraction of sp³-hybridized carbons (Fsp3) is 0.273. The second-order valence-corrected chi connectivity index (χ2v) is 7.85. The standard InChI is InChI=1S/C11H13F2O2PS/c1-3-8-17-16(14,15)11(12,13)10-6-4-9(2)5-7-10/h3-7H,1,8H2,2H3,(H,14,15)/p-1. The Kier molecular flexibility index (Phi) is 4.53. The van der Waals surface area contributed by atoms with Gasteiger partial charge in [-0.05, 0) is 6.92 Å². The Morgan fingerprint density at radius 2 is 2.00 bits per heavy atom. The zero-order valence-electron chi connectivity index (χ0n) is 9.23. The van der Waals surface area contributed by atoms with Crippen molar-refractivity contribution in [3.8, 4) is 0 Å². The number of alkyl halides is 2. The van der Waals surface area contributed by atoms with E-state index >= 15 is 0 Å². The summed E-state index contributed by atoms with van der Waals surface area (Å²) in [5.74, 6) is -0.0533. The molecule has 0 spiro atoms. The first-order valence-corrected chi connectivity index (χ1v) is 8.04. The Morgan fingerprint density at radius 1 is 1.47 bits per heavy atom. The number of rotatable bonds is 5. The summed E-state index contributed by atoms with van der Waals surface area (Å²) < 4.78 is 39.0. The fourth-order valence-electron chi connectivity index (χ4n) is 1.14. The molecule has 0 fully saturated rings. The molecule has 1 atom stereocenters. The first kappa shape index (κ1) is 14.4. The number of hydrogen-bond donors (Lipinski definition) is 0. The second kappa shape index (κ2) is 5.34. The maximum absolute atomic E-state index is 13.8. The van der Waals surface area contributed by atoms with Gasteiger partial charge in [0.25, 0.3) is 0 Å². The molecule has 0 saturated carbocycles. The van der Waals surface area contributed by atoms with Gasteiger partial charge in [-0.3, -0.25) is 0 Å². The number of halogens is 2. The molecule has 0 N–H and O–H groups in total. The third kappa shape index (κ3) is 3.18. The van der Waals surface area contributed by atoms with Gasteiger partial charge in [0.15, 0.2) is 0 Å². The molecule has 1 aromatic carbocycles. The lowest BCUT2D eigenvalue weighted by Crippen LogP contribution is -2.20. The van der Waals surface area contributed by atoms with Crippen molar-refractivity contribution in [3.05, 3.63) is 48.0 Å². The van der Waals surface area contributed by atoms with Gasteiger partial charge >= 0.3 is 5.66 Å². The Bertz CT molecular complexity index is 445. The van der Waals surface area contributed by atoms with Crippen molar-refractivity contribution in [2.45, 2.75) is 12.6 Å². The van der Waals surface area contributed by atoms with Crippen LogP contribution < -0.4 is 4.89 Å². The highest BCUT2D eigenvalue weighted by Gasteiger charge is 2.43. The van der Waals surface area contributed by atoms with Crippen LogP contribution in [0.2, 0.25) is 0 Å². The Hall–Kier alpha value is -0.640. The SMILES string of the molecule is C=CCSP(=O)([O-])C(F)(F)c1ccc(C)cc1. The van der Waals surface area contributed by atoms with E-state index in [4.69, 9.17) is 0 Å². The van der Waals surface area contributed by atoms with Crippen LogP contribution in [0, 0.1) is 6.92 Å². The first-order chi connectivity index (χ1) is 7.81. The minimum atomic E-state index is -4.89. The van der Waals surface area contributed by atoms with Crippen molar-refractivity contribution in [2.75, 3.05) is 5.75 Å². The predicted molar refractivity (Wildman–Crippen MR) is 65.3 cm³/mol. The summed E-state index contributed by atoms with van der Waals surface area (Å²) in [6.45, 7) is 0.159. The summed E-state index contributed by atoms with van der Waals surface area (Å²) in [6.07, 6.45) is 1.28. The third-order valence-electron chi connectivity index (χ3n) is 2.11. The molecule has 0 bridgehead atoms. The smallest absolute Gasteiger partial charge is 0.319 e. The molecule has 1 rings (SSSR count). The van der Waals surface area contributed by atoms with Crippen molar-refractivity contribution in [2.24, 2.45) is 0 Å². The van der Waals surface area contributed by atoms with E-state index in [-0.39, 0.29) is 17.1 Å². The van der Waals surface area contributed by atoms with Crippen molar-refractivity contribution < 1.29 is 18.2 Å². The molecular weight excluding hydrogens is 265 g/mol. The van der Waals surface area contributed by atoms with Crippen LogP contribution in [-0.2, 0) is 10.2 Å². The first-order valence-electron chi connectivity index (χ1n) is 4.83. The van der Waals surface area contributed by atoms with Crippen LogP contribution in [0.25, 0.3) is 0 Å². The van der Waals surface area contributed by atoms with Crippen molar-refractivity contribution in [3.63, 3.8) is 0 Å². The molecule has 0 aromatic heterocycles. The molecule has 0 aliphatic heterocycles. The molecule has 0 aliphatic rings. The van der Waals surface area contributed by atoms with Crippen LogP contribution in [0.3, 0.4) is 0 Å². The molecule has 0 radical (unpaired) electrons. The van der Waals surface area contributed by atoms with Crippen LogP contribution in [0.5, 0.6) is 0 Å². The van der Waals surface area contributed by atoms with E-state index in [2.05, 4.69) is 6.58 Å². The van der Waals surface area contributed by atoms with E-state index in [9.17, 15) is 18.2 Å². The highest BCUT2D eigenvalue weighted by Crippen LogP contribution is 2.67. The van der Waals surface area contributed by atoms with Crippen molar-refractivity contribution in [1.29, 1.82) is 0 Å². The van der Waals surface area contributed by atoms with Crippen LogP contribution in [0.15, 0.2) is 36.9 Å². The van der Waals surface area contributed by atoms with E-state index < -0.39 is 17.8 Å². The molecule has 0 saturated heterocycles. The molecule has 6 heteroatoms. The average Bonchev–Trinajstić information content (AvgIpc) is 2.27. The highest BCUT2D eigenvalue weighted by atomic mass is 32.7. The summed E-state index contributed by atoms with van der Waals surface area (Å²) in [6, 6.07) is 5.19. The molecule has 0 aliphatic carbocycles. The van der Waals surface area contributed by atoms with Gasteiger partial charge in [-0.2, -0.15) is 8.78 Å². The molecule has 17 heavy (non-hydrogen) atoms. The van der Waals surface area contributed by atoms with Crippen LogP contribution in [0.4, 0.5) is 8.78 Å². The monoisotopic (exact) mass is 277 g/mol. The van der Waals surface area contributed by atoms with Crippen molar-refractivity contribution >= 4 is 18.0 Å². The molecule has 94 valence electrons. The maximum atomic E-state index is 13.8. The predicted octanol–water partition coefficient (Wildman–Crippen LogP) is 3.52. The van der Waals surface area contributed by atoms with E-state index in [1.165, 1.54) is 18.2 Å². The molecule has 2 nitrogen and oxygen atoms in total. The van der Waals surface area contributed by atoms with Gasteiger partial charge in [0.05, 0.1) is 0 Å². The second-order valence-electron chi connectivity index (χ2n) is 3.49. The van der Waals surface area contributed by atoms with E-state index in [0.717, 1.165) is 17.7 Å². The van der Waals surface area contributed by atoms with Gasteiger partial charge in [-0.1, -0.05) is 35.9 Å². The van der Waals surface area contributed by atoms with Crippen LogP contribution in [-0.4, -0.2) is 5.75 Å². The summed E-state index contributed by atoms with van der Waals surface area (Å²) in [5, 5.41) is 0. The Labute approximate surface area is 103 Å². The number of aryl methyl sites for hydroxylation is 1. The normalized spacial score (nSPS) is 15.3. The Balaban J connectivity index is 3.04. The van der Waals surface area contributed by atoms with Gasteiger partial charge in [0, 0.05) is 11.3 Å². The molecule has 1 aromatic rings. The molecule has 1 unspecified atom stereocenters. The Morgan fingerprint density at radius 3 is 2.47 bits per heavy atom. The molecular formula is C11H12F2O2PS-. The van der Waals surface area contributed by atoms with Gasteiger partial charge in [-0.15, -0.1) is 18.0 Å². The summed E-state index contributed by atoms with van der Waals surface area (Å²) in [5.41, 5.74) is -3.56. The van der Waals surface area contributed by atoms with Crippen molar-refractivity contribution in [1.82, 2.24) is 0 Å². The summed E-state index contributed by atoms with van der Waals surface area (Å²) in [4.78, 5) is 11.5. The fourth-order valence-corrected chi connectivity index (χ4v) is 3.78. The number of benzene rings is 1. The lowest BCUT2D eigenvalue weighted by molar-refractivity contribution is -0.188. The molecule has 0 heterocycles. The van der Waals surface area contributed by atoms with Crippen LogP contribution >= 0.6 is 18.0 Å². The zero-order valence-corrected chi connectivity index (χ0v) is 10.9. The van der Waals surface area contributed by atoms with E-state index in [1.54, 1.807) is 6.92 Å². The quantitative estimate of drug-likeness (QED) is 0.610. The van der Waals surface area contributed by atoms with Gasteiger partial charge in [-0.25, -0.2) is 0 Å². The minimum absolute atomic E-state index is 0.0533. The van der Waals surface area contributed by atoms with E-state index in [1.807, 2.05) is 0 Å². The topological polar surface area (TPSA) is 40.1 Å². The number of hydrogen-bond acceptors (Lipinski definition) is 3. The van der Waals surface area contributed by atoms with Gasteiger partial charge in [0.2, 0.25) is 0 Å². The summed E-state index contributed by atoms with van der Waals surface area (Å²) in [7, 11) is 0.